The van der Waals surface area contributed by atoms with Crippen LogP contribution >= 0.6 is 12.2 Å². The number of hydrogen-bond acceptors (Lipinski definition) is 4. The lowest BCUT2D eigenvalue weighted by Crippen LogP contribution is -2.48. The van der Waals surface area contributed by atoms with Crippen molar-refractivity contribution in [2.75, 3.05) is 26.2 Å². The summed E-state index contributed by atoms with van der Waals surface area (Å²) in [5, 5.41) is 0.569. The molecule has 1 aliphatic heterocycles. The number of H-pyrrole nitrogens is 1. The van der Waals surface area contributed by atoms with Crippen molar-refractivity contribution in [1.82, 2.24) is 19.4 Å². The summed E-state index contributed by atoms with van der Waals surface area (Å²) < 4.78 is 1.79. The fourth-order valence-corrected chi connectivity index (χ4v) is 4.58. The van der Waals surface area contributed by atoms with Gasteiger partial charge < -0.3 is 9.88 Å². The van der Waals surface area contributed by atoms with E-state index in [1.807, 2.05) is 29.2 Å². The molecule has 0 radical (unpaired) electrons. The highest BCUT2D eigenvalue weighted by atomic mass is 32.1. The van der Waals surface area contributed by atoms with Gasteiger partial charge in [-0.15, -0.1) is 0 Å². The number of carbonyl (C=O) groups excluding carboxylic acids is 1. The third-order valence-electron chi connectivity index (χ3n) is 6.09. The van der Waals surface area contributed by atoms with Crippen LogP contribution < -0.4 is 5.56 Å². The molecule has 0 saturated carbocycles. The summed E-state index contributed by atoms with van der Waals surface area (Å²) in [6, 6.07) is 24.8. The topological polar surface area (TPSA) is 61.3 Å². The molecule has 0 atom stereocenters. The van der Waals surface area contributed by atoms with Gasteiger partial charge >= 0.3 is 0 Å². The molecule has 1 N–H and O–H groups in total. The maximum atomic E-state index is 13.0. The summed E-state index contributed by atoms with van der Waals surface area (Å²) in [4.78, 5) is 33.4. The van der Waals surface area contributed by atoms with Gasteiger partial charge in [0.25, 0.3) is 11.5 Å². The lowest BCUT2D eigenvalue weighted by molar-refractivity contribution is 0.0628. The number of nitrogens with zero attached hydrogens (tertiary/aromatic N) is 3. The Balaban J connectivity index is 1.29. The van der Waals surface area contributed by atoms with Crippen molar-refractivity contribution in [2.45, 2.75) is 6.54 Å². The summed E-state index contributed by atoms with van der Waals surface area (Å²) in [5.74, 6) is 0.0110. The Hall–Kier alpha value is -3.55. The zero-order chi connectivity index (χ0) is 22.8. The third kappa shape index (κ3) is 4.37. The molecule has 0 aliphatic carbocycles. The average Bonchev–Trinajstić information content (AvgIpc) is 2.85. The average molecular weight is 457 g/mol. The van der Waals surface area contributed by atoms with Crippen LogP contribution in [0.1, 0.15) is 15.9 Å². The molecule has 6 nitrogen and oxygen atoms in total. The second-order valence-corrected chi connectivity index (χ2v) is 8.60. The predicted octanol–water partition coefficient (Wildman–Crippen LogP) is 4.01. The number of para-hydroxylation sites is 1. The molecule has 0 unspecified atom stereocenters. The van der Waals surface area contributed by atoms with E-state index in [4.69, 9.17) is 12.2 Å². The number of aromatic amines is 1. The number of piperazine rings is 1. The van der Waals surface area contributed by atoms with Gasteiger partial charge in [0.1, 0.15) is 0 Å². The van der Waals surface area contributed by atoms with Crippen molar-refractivity contribution in [3.63, 3.8) is 0 Å². The summed E-state index contributed by atoms with van der Waals surface area (Å²) in [5.41, 5.74) is 3.07. The van der Waals surface area contributed by atoms with Gasteiger partial charge in [0.15, 0.2) is 4.77 Å². The molecule has 0 bridgehead atoms. The first-order valence-electron chi connectivity index (χ1n) is 11.0. The van der Waals surface area contributed by atoms with Crippen LogP contribution in [0.25, 0.3) is 16.6 Å². The monoisotopic (exact) mass is 456 g/mol. The highest BCUT2D eigenvalue weighted by Gasteiger charge is 2.22. The molecule has 1 fully saturated rings. The third-order valence-corrected chi connectivity index (χ3v) is 6.37. The number of benzene rings is 3. The molecule has 166 valence electrons. The van der Waals surface area contributed by atoms with Gasteiger partial charge in [-0.2, -0.15) is 0 Å². The largest absolute Gasteiger partial charge is 0.336 e. The number of fused-ring (bicyclic) bond motifs is 1. The maximum Gasteiger partial charge on any atom is 0.266 e. The minimum atomic E-state index is -0.178. The van der Waals surface area contributed by atoms with Crippen LogP contribution in [0.4, 0.5) is 0 Å². The smallest absolute Gasteiger partial charge is 0.266 e. The summed E-state index contributed by atoms with van der Waals surface area (Å²) in [6.07, 6.45) is 0. The molecule has 3 aromatic carbocycles. The van der Waals surface area contributed by atoms with E-state index in [2.05, 4.69) is 34.1 Å². The molecule has 33 heavy (non-hydrogen) atoms. The predicted molar refractivity (Wildman–Crippen MR) is 132 cm³/mol. The SMILES string of the molecule is O=C(c1ccc(-n2c(=S)[nH]c3ccccc3c2=O)cc1)N1CCN(Cc2ccccc2)CC1. The Morgan fingerprint density at radius 2 is 1.52 bits per heavy atom. The van der Waals surface area contributed by atoms with Crippen molar-refractivity contribution >= 4 is 29.0 Å². The Morgan fingerprint density at radius 3 is 2.24 bits per heavy atom. The molecule has 4 aromatic rings. The zero-order valence-corrected chi connectivity index (χ0v) is 18.9. The first-order valence-corrected chi connectivity index (χ1v) is 11.4. The minimum absolute atomic E-state index is 0.0110. The van der Waals surface area contributed by atoms with Gasteiger partial charge in [-0.3, -0.25) is 19.1 Å². The first-order chi connectivity index (χ1) is 16.1. The van der Waals surface area contributed by atoms with Crippen LogP contribution in [0, 0.1) is 4.77 Å². The van der Waals surface area contributed by atoms with E-state index in [-0.39, 0.29) is 11.5 Å². The molecule has 0 spiro atoms. The maximum absolute atomic E-state index is 13.0. The number of nitrogens with one attached hydrogen (secondary N) is 1. The van der Waals surface area contributed by atoms with Crippen LogP contribution in [0.2, 0.25) is 0 Å². The van der Waals surface area contributed by atoms with Gasteiger partial charge in [-0.25, -0.2) is 0 Å². The van der Waals surface area contributed by atoms with E-state index < -0.39 is 0 Å². The molecule has 5 rings (SSSR count). The van der Waals surface area contributed by atoms with E-state index in [1.54, 1.807) is 30.3 Å². The minimum Gasteiger partial charge on any atom is -0.336 e. The zero-order valence-electron chi connectivity index (χ0n) is 18.1. The lowest BCUT2D eigenvalue weighted by atomic mass is 10.1. The van der Waals surface area contributed by atoms with Gasteiger partial charge in [-0.05, 0) is 54.2 Å². The van der Waals surface area contributed by atoms with Crippen LogP contribution in [-0.4, -0.2) is 51.4 Å². The van der Waals surface area contributed by atoms with E-state index in [1.165, 1.54) is 10.1 Å². The van der Waals surface area contributed by atoms with Crippen molar-refractivity contribution in [3.05, 3.63) is 105 Å². The molecular weight excluding hydrogens is 432 g/mol. The Labute approximate surface area is 196 Å². The highest BCUT2D eigenvalue weighted by Crippen LogP contribution is 2.15. The van der Waals surface area contributed by atoms with E-state index in [9.17, 15) is 9.59 Å². The Kier molecular flexibility index (Phi) is 5.90. The summed E-state index contributed by atoms with van der Waals surface area (Å²) >= 11 is 5.42. The number of carbonyl (C=O) groups is 1. The standard InChI is InChI=1S/C26H24N4O2S/c31-24(29-16-14-28(15-17-29)18-19-6-2-1-3-7-19)20-10-12-21(13-11-20)30-25(32)22-8-4-5-9-23(22)27-26(30)33/h1-13H,14-18H2,(H,27,33). The second kappa shape index (κ2) is 9.13. The Bertz CT molecular complexity index is 1400. The van der Waals surface area contributed by atoms with E-state index >= 15 is 0 Å². The summed E-state index contributed by atoms with van der Waals surface area (Å²) in [7, 11) is 0. The van der Waals surface area contributed by atoms with E-state index in [0.29, 0.717) is 40.0 Å². The highest BCUT2D eigenvalue weighted by molar-refractivity contribution is 7.71. The molecule has 2 heterocycles. The van der Waals surface area contributed by atoms with Crippen molar-refractivity contribution in [1.29, 1.82) is 0 Å². The fraction of sp³-hybridized carbons (Fsp3) is 0.192. The molecule has 1 aromatic heterocycles. The molecule has 1 saturated heterocycles. The molecular formula is C26H24N4O2S. The quantitative estimate of drug-likeness (QED) is 0.472. The van der Waals surface area contributed by atoms with Gasteiger partial charge in [0.05, 0.1) is 16.6 Å². The van der Waals surface area contributed by atoms with Crippen LogP contribution in [0.3, 0.4) is 0 Å². The van der Waals surface area contributed by atoms with Crippen LogP contribution in [-0.2, 0) is 6.54 Å². The summed E-state index contributed by atoms with van der Waals surface area (Å²) in [6.45, 7) is 3.99. The van der Waals surface area contributed by atoms with E-state index in [0.717, 1.165) is 19.6 Å². The van der Waals surface area contributed by atoms with Gasteiger partial charge in [0.2, 0.25) is 0 Å². The normalized spacial score (nSPS) is 14.5. The molecule has 1 aliphatic rings. The number of rotatable bonds is 4. The van der Waals surface area contributed by atoms with Gasteiger partial charge in [-0.1, -0.05) is 42.5 Å². The number of hydrogen-bond donors (Lipinski definition) is 1. The van der Waals surface area contributed by atoms with Crippen molar-refractivity contribution in [2.24, 2.45) is 0 Å². The lowest BCUT2D eigenvalue weighted by Gasteiger charge is -2.34. The van der Waals surface area contributed by atoms with Crippen LogP contribution in [0.15, 0.2) is 83.7 Å². The first kappa shape index (κ1) is 21.3. The molecule has 1 amide bonds. The fourth-order valence-electron chi connectivity index (χ4n) is 4.28. The number of aromatic nitrogens is 2. The number of amides is 1. The van der Waals surface area contributed by atoms with Crippen molar-refractivity contribution < 1.29 is 4.79 Å². The van der Waals surface area contributed by atoms with Crippen molar-refractivity contribution in [3.8, 4) is 5.69 Å². The van der Waals surface area contributed by atoms with Crippen LogP contribution in [0.5, 0.6) is 0 Å². The molecule has 7 heteroatoms. The Morgan fingerprint density at radius 1 is 0.848 bits per heavy atom. The van der Waals surface area contributed by atoms with Gasteiger partial charge in [0, 0.05) is 38.3 Å². The second-order valence-electron chi connectivity index (χ2n) is 8.22.